The summed E-state index contributed by atoms with van der Waals surface area (Å²) in [5.41, 5.74) is 3.56. The van der Waals surface area contributed by atoms with Crippen LogP contribution in [-0.2, 0) is 11.2 Å². The first-order chi connectivity index (χ1) is 16.0. The number of ether oxygens (including phenoxy) is 2. The third kappa shape index (κ3) is 7.90. The molecule has 1 amide bonds. The summed E-state index contributed by atoms with van der Waals surface area (Å²) in [6, 6.07) is 15.4. The molecule has 0 aliphatic heterocycles. The number of hydrogen-bond acceptors (Lipinski definition) is 7. The van der Waals surface area contributed by atoms with Gasteiger partial charge in [-0.25, -0.2) is 9.97 Å². The fourth-order valence-electron chi connectivity index (χ4n) is 3.26. The summed E-state index contributed by atoms with van der Waals surface area (Å²) < 4.78 is 10.7. The lowest BCUT2D eigenvalue weighted by Gasteiger charge is -2.11. The third-order valence-electron chi connectivity index (χ3n) is 5.03. The van der Waals surface area contributed by atoms with Crippen molar-refractivity contribution in [2.45, 2.75) is 12.8 Å². The van der Waals surface area contributed by atoms with E-state index >= 15 is 0 Å². The smallest absolute Gasteiger partial charge is 0.225 e. The first-order valence-corrected chi connectivity index (χ1v) is 10.8. The van der Waals surface area contributed by atoms with Gasteiger partial charge < -0.3 is 25.0 Å². The Balaban J connectivity index is 0.00000408. The Hall–Kier alpha value is -3.36. The molecule has 0 aliphatic rings. The van der Waals surface area contributed by atoms with Crippen LogP contribution in [0.3, 0.4) is 0 Å². The van der Waals surface area contributed by atoms with Crippen molar-refractivity contribution in [1.29, 1.82) is 0 Å². The molecule has 0 spiro atoms. The molecule has 0 aliphatic carbocycles. The van der Waals surface area contributed by atoms with Crippen molar-refractivity contribution in [2.75, 3.05) is 52.0 Å². The fourth-order valence-corrected chi connectivity index (χ4v) is 3.26. The average Bonchev–Trinajstić information content (AvgIpc) is 2.83. The minimum absolute atomic E-state index is 0. The number of aromatic nitrogens is 2. The Labute approximate surface area is 207 Å². The van der Waals surface area contributed by atoms with Crippen molar-refractivity contribution in [1.82, 2.24) is 14.9 Å². The second kappa shape index (κ2) is 13.4. The van der Waals surface area contributed by atoms with Crippen LogP contribution in [0.2, 0.25) is 0 Å². The molecule has 0 saturated carbocycles. The Morgan fingerprint density at radius 2 is 1.82 bits per heavy atom. The van der Waals surface area contributed by atoms with E-state index in [1.165, 1.54) is 0 Å². The van der Waals surface area contributed by atoms with Gasteiger partial charge in [0.05, 0.1) is 19.9 Å². The summed E-state index contributed by atoms with van der Waals surface area (Å²) in [5.74, 6) is 1.96. The minimum Gasteiger partial charge on any atom is -0.493 e. The molecule has 182 valence electrons. The van der Waals surface area contributed by atoms with Crippen LogP contribution in [0.1, 0.15) is 12.0 Å². The lowest BCUT2D eigenvalue weighted by Crippen LogP contribution is -2.20. The minimum atomic E-state index is -0.0129. The summed E-state index contributed by atoms with van der Waals surface area (Å²) >= 11 is 0. The van der Waals surface area contributed by atoms with Crippen LogP contribution in [0.4, 0.5) is 11.6 Å². The molecule has 2 aromatic carbocycles. The van der Waals surface area contributed by atoms with Crippen molar-refractivity contribution in [3.63, 3.8) is 0 Å². The van der Waals surface area contributed by atoms with Gasteiger partial charge in [0.15, 0.2) is 11.5 Å². The Morgan fingerprint density at radius 3 is 2.56 bits per heavy atom. The Morgan fingerprint density at radius 1 is 1.03 bits per heavy atom. The van der Waals surface area contributed by atoms with Crippen molar-refractivity contribution in [3.05, 3.63) is 60.3 Å². The van der Waals surface area contributed by atoms with Gasteiger partial charge in [-0.1, -0.05) is 18.2 Å². The maximum absolute atomic E-state index is 12.1. The molecule has 2 N–H and O–H groups in total. The van der Waals surface area contributed by atoms with Crippen LogP contribution < -0.4 is 20.1 Å². The van der Waals surface area contributed by atoms with Crippen LogP contribution in [0.5, 0.6) is 11.5 Å². The van der Waals surface area contributed by atoms with E-state index in [-0.39, 0.29) is 18.3 Å². The number of benzene rings is 2. The SMILES string of the molecule is COc1ccc(CCNc2nccc(-c3cccc(NC(=O)CCN(C)C)c3)n2)cc1OC.Cl. The van der Waals surface area contributed by atoms with Crippen LogP contribution in [0.15, 0.2) is 54.7 Å². The lowest BCUT2D eigenvalue weighted by molar-refractivity contribution is -0.116. The molecule has 1 heterocycles. The highest BCUT2D eigenvalue weighted by Crippen LogP contribution is 2.27. The molecule has 34 heavy (non-hydrogen) atoms. The summed E-state index contributed by atoms with van der Waals surface area (Å²) in [6.07, 6.45) is 2.95. The largest absolute Gasteiger partial charge is 0.493 e. The molecular weight excluding hydrogens is 454 g/mol. The second-order valence-electron chi connectivity index (χ2n) is 7.81. The maximum atomic E-state index is 12.1. The lowest BCUT2D eigenvalue weighted by atomic mass is 10.1. The van der Waals surface area contributed by atoms with Crippen molar-refractivity contribution in [2.24, 2.45) is 0 Å². The molecule has 0 atom stereocenters. The van der Waals surface area contributed by atoms with Crippen molar-refractivity contribution >= 4 is 29.9 Å². The van der Waals surface area contributed by atoms with E-state index < -0.39 is 0 Å². The summed E-state index contributed by atoms with van der Waals surface area (Å²) in [4.78, 5) is 23.1. The topological polar surface area (TPSA) is 88.6 Å². The van der Waals surface area contributed by atoms with Crippen molar-refractivity contribution < 1.29 is 14.3 Å². The van der Waals surface area contributed by atoms with E-state index in [9.17, 15) is 4.79 Å². The molecule has 3 rings (SSSR count). The Kier molecular flexibility index (Phi) is 10.6. The highest BCUT2D eigenvalue weighted by molar-refractivity contribution is 5.91. The molecular formula is C25H32ClN5O3. The maximum Gasteiger partial charge on any atom is 0.225 e. The number of carbonyl (C=O) groups is 1. The van der Waals surface area contributed by atoms with Crippen molar-refractivity contribution in [3.8, 4) is 22.8 Å². The van der Waals surface area contributed by atoms with Gasteiger partial charge in [-0.05, 0) is 56.4 Å². The van der Waals surface area contributed by atoms with E-state index in [4.69, 9.17) is 9.47 Å². The fraction of sp³-hybridized carbons (Fsp3) is 0.320. The van der Waals surface area contributed by atoms with Crippen LogP contribution in [0, 0.1) is 0 Å². The number of hydrogen-bond donors (Lipinski definition) is 2. The molecule has 3 aromatic rings. The highest BCUT2D eigenvalue weighted by Gasteiger charge is 2.08. The quantitative estimate of drug-likeness (QED) is 0.422. The summed E-state index contributed by atoms with van der Waals surface area (Å²) in [5, 5.41) is 6.22. The van der Waals surface area contributed by atoms with Crippen LogP contribution in [0.25, 0.3) is 11.3 Å². The van der Waals surface area contributed by atoms with Gasteiger partial charge in [-0.3, -0.25) is 4.79 Å². The normalized spacial score (nSPS) is 10.4. The van der Waals surface area contributed by atoms with Gasteiger partial charge in [0.2, 0.25) is 11.9 Å². The van der Waals surface area contributed by atoms with Gasteiger partial charge in [0.1, 0.15) is 0 Å². The number of nitrogens with zero attached hydrogens (tertiary/aromatic N) is 3. The first-order valence-electron chi connectivity index (χ1n) is 10.8. The second-order valence-corrected chi connectivity index (χ2v) is 7.81. The predicted octanol–water partition coefficient (Wildman–Crippen LogP) is 4.13. The zero-order valence-electron chi connectivity index (χ0n) is 20.0. The number of carbonyl (C=O) groups excluding carboxylic acids is 1. The van der Waals surface area contributed by atoms with Gasteiger partial charge >= 0.3 is 0 Å². The molecule has 0 saturated heterocycles. The number of methoxy groups -OCH3 is 2. The van der Waals surface area contributed by atoms with Gasteiger partial charge in [-0.2, -0.15) is 0 Å². The van der Waals surface area contributed by atoms with Gasteiger partial charge in [-0.15, -0.1) is 12.4 Å². The van der Waals surface area contributed by atoms with E-state index in [0.717, 1.165) is 28.9 Å². The molecule has 9 heteroatoms. The molecule has 0 fully saturated rings. The number of anilines is 2. The molecule has 0 unspecified atom stereocenters. The molecule has 1 aromatic heterocycles. The summed E-state index contributed by atoms with van der Waals surface area (Å²) in [6.45, 7) is 1.37. The highest BCUT2D eigenvalue weighted by atomic mass is 35.5. The number of nitrogens with one attached hydrogen (secondary N) is 2. The van der Waals surface area contributed by atoms with Gasteiger partial charge in [0.25, 0.3) is 0 Å². The van der Waals surface area contributed by atoms with E-state index in [1.807, 2.05) is 67.5 Å². The molecule has 0 bridgehead atoms. The number of rotatable bonds is 11. The number of halogens is 1. The standard InChI is InChI=1S/C25H31N5O3.ClH/c1-30(2)15-12-24(31)28-20-7-5-6-19(17-20)21-11-14-27-25(29-21)26-13-10-18-8-9-22(32-3)23(16-18)33-4;/h5-9,11,14,16-17H,10,12-13,15H2,1-4H3,(H,28,31)(H,26,27,29);1H. The van der Waals surface area contributed by atoms with Gasteiger partial charge in [0, 0.05) is 37.0 Å². The first kappa shape index (κ1) is 26.9. The average molecular weight is 486 g/mol. The third-order valence-corrected chi connectivity index (χ3v) is 5.03. The van der Waals surface area contributed by atoms with E-state index in [0.29, 0.717) is 37.0 Å². The zero-order valence-corrected chi connectivity index (χ0v) is 20.8. The molecule has 0 radical (unpaired) electrons. The van der Waals surface area contributed by atoms with E-state index in [1.54, 1.807) is 20.4 Å². The monoisotopic (exact) mass is 485 g/mol. The number of amides is 1. The van der Waals surface area contributed by atoms with Crippen LogP contribution in [-0.4, -0.2) is 62.2 Å². The Bertz CT molecular complexity index is 1080. The van der Waals surface area contributed by atoms with Crippen LogP contribution >= 0.6 is 12.4 Å². The summed E-state index contributed by atoms with van der Waals surface area (Å²) in [7, 11) is 7.15. The molecule has 8 nitrogen and oxygen atoms in total. The zero-order chi connectivity index (χ0) is 23.6. The predicted molar refractivity (Wildman–Crippen MR) is 138 cm³/mol. The van der Waals surface area contributed by atoms with E-state index in [2.05, 4.69) is 20.6 Å².